The molecule has 0 bridgehead atoms. The number of hydrogen-bond donors (Lipinski definition) is 3. The predicted octanol–water partition coefficient (Wildman–Crippen LogP) is 3.55. The van der Waals surface area contributed by atoms with Gasteiger partial charge in [0.1, 0.15) is 23.7 Å². The van der Waals surface area contributed by atoms with Crippen LogP contribution in [0.1, 0.15) is 18.4 Å². The van der Waals surface area contributed by atoms with Crippen molar-refractivity contribution < 1.29 is 0 Å². The van der Waals surface area contributed by atoms with E-state index in [4.69, 9.17) is 28.9 Å². The number of nitrogens with zero attached hydrogens (tertiary/aromatic N) is 7. The van der Waals surface area contributed by atoms with E-state index in [0.29, 0.717) is 22.0 Å². The molecule has 0 spiro atoms. The molecule has 6 rings (SSSR count). The van der Waals surface area contributed by atoms with Gasteiger partial charge in [0.15, 0.2) is 22.3 Å². The largest absolute Gasteiger partial charge is 0.355 e. The van der Waals surface area contributed by atoms with Crippen LogP contribution in [-0.2, 0) is 6.42 Å². The van der Waals surface area contributed by atoms with E-state index >= 15 is 0 Å². The topological polar surface area (TPSA) is 138 Å². The standard InChI is InChI=1S/C17H19ClN6.C5H3ClN4/c18-13-3-1-12(2-4-13)9-17(19)5-7-24(8-6-17)16-14-15(21-10-20-14)22-11-23-16;6-4-3-5(9-1-7-3)10-2-8-4/h1-4,10-11H,5-9,19H2,(H,20,21,22,23);1-2H,(H,7,8,9,10). The highest BCUT2D eigenvalue weighted by Crippen LogP contribution is 2.29. The third-order valence-corrected chi connectivity index (χ3v) is 6.45. The minimum Gasteiger partial charge on any atom is -0.355 e. The molecule has 5 aromatic rings. The Morgan fingerprint density at radius 2 is 1.44 bits per heavy atom. The number of aromatic amines is 2. The quantitative estimate of drug-likeness (QED) is 0.322. The Kier molecular flexibility index (Phi) is 6.27. The maximum Gasteiger partial charge on any atom is 0.182 e. The second-order valence-corrected chi connectivity index (χ2v) is 9.01. The minimum atomic E-state index is -0.190. The summed E-state index contributed by atoms with van der Waals surface area (Å²) in [6.45, 7) is 1.74. The summed E-state index contributed by atoms with van der Waals surface area (Å²) in [4.78, 5) is 32.5. The van der Waals surface area contributed by atoms with Crippen LogP contribution in [0, 0.1) is 0 Å². The van der Waals surface area contributed by atoms with Crippen LogP contribution in [-0.4, -0.2) is 58.5 Å². The molecule has 1 aromatic carbocycles. The molecular weight excluding hydrogens is 475 g/mol. The number of imidazole rings is 2. The van der Waals surface area contributed by atoms with Crippen molar-refractivity contribution in [3.05, 3.63) is 65.3 Å². The Bertz CT molecular complexity index is 1390. The second-order valence-electron chi connectivity index (χ2n) is 8.22. The van der Waals surface area contributed by atoms with Gasteiger partial charge in [0.05, 0.1) is 12.7 Å². The molecule has 0 unspecified atom stereocenters. The van der Waals surface area contributed by atoms with Crippen molar-refractivity contribution in [2.45, 2.75) is 24.8 Å². The minimum absolute atomic E-state index is 0.190. The maximum atomic E-state index is 6.65. The zero-order chi connectivity index (χ0) is 23.5. The van der Waals surface area contributed by atoms with Gasteiger partial charge in [-0.05, 0) is 37.0 Å². The summed E-state index contributed by atoms with van der Waals surface area (Å²) in [7, 11) is 0. The number of nitrogens with one attached hydrogen (secondary N) is 2. The lowest BCUT2D eigenvalue weighted by molar-refractivity contribution is 0.330. The van der Waals surface area contributed by atoms with Gasteiger partial charge >= 0.3 is 0 Å². The number of nitrogens with two attached hydrogens (primary N) is 1. The fourth-order valence-electron chi connectivity index (χ4n) is 4.08. The van der Waals surface area contributed by atoms with E-state index < -0.39 is 0 Å². The Morgan fingerprint density at radius 1 is 0.824 bits per heavy atom. The molecule has 0 saturated carbocycles. The second kappa shape index (κ2) is 9.49. The molecule has 1 aliphatic rings. The average Bonchev–Trinajstić information content (AvgIpc) is 3.52. The molecule has 34 heavy (non-hydrogen) atoms. The molecule has 12 heteroatoms. The summed E-state index contributed by atoms with van der Waals surface area (Å²) in [5, 5.41) is 1.16. The number of benzene rings is 1. The van der Waals surface area contributed by atoms with Crippen LogP contribution in [0.4, 0.5) is 5.82 Å². The van der Waals surface area contributed by atoms with Gasteiger partial charge < -0.3 is 20.6 Å². The van der Waals surface area contributed by atoms with Crippen LogP contribution >= 0.6 is 23.2 Å². The number of fused-ring (bicyclic) bond motifs is 2. The average molecular weight is 497 g/mol. The first kappa shape index (κ1) is 22.5. The lowest BCUT2D eigenvalue weighted by Gasteiger charge is -2.40. The molecule has 5 heterocycles. The van der Waals surface area contributed by atoms with Crippen LogP contribution < -0.4 is 10.6 Å². The molecule has 1 saturated heterocycles. The Balaban J connectivity index is 0.000000200. The number of halogens is 2. The Morgan fingerprint density at radius 3 is 2.12 bits per heavy atom. The fraction of sp³-hybridized carbons (Fsp3) is 0.273. The van der Waals surface area contributed by atoms with Gasteiger partial charge in [-0.3, -0.25) is 0 Å². The SMILES string of the molecule is Clc1ncnc2nc[nH]c12.NC1(Cc2ccc(Cl)cc2)CCN(c2ncnc3nc[nH]c23)CC1. The van der Waals surface area contributed by atoms with E-state index in [1.165, 1.54) is 18.2 Å². The number of H-pyrrole nitrogens is 2. The van der Waals surface area contributed by atoms with Crippen molar-refractivity contribution in [2.24, 2.45) is 5.73 Å². The third kappa shape index (κ3) is 4.79. The Hall–Kier alpha value is -3.34. The lowest BCUT2D eigenvalue weighted by Crippen LogP contribution is -2.52. The van der Waals surface area contributed by atoms with Crippen molar-refractivity contribution in [3.63, 3.8) is 0 Å². The van der Waals surface area contributed by atoms with E-state index in [-0.39, 0.29) is 5.54 Å². The first-order valence-corrected chi connectivity index (χ1v) is 11.5. The summed E-state index contributed by atoms with van der Waals surface area (Å²) in [6, 6.07) is 7.96. The van der Waals surface area contributed by atoms with Crippen LogP contribution in [0.3, 0.4) is 0 Å². The van der Waals surface area contributed by atoms with Crippen molar-refractivity contribution in [1.82, 2.24) is 39.9 Å². The molecule has 0 amide bonds. The molecule has 174 valence electrons. The molecule has 0 radical (unpaired) electrons. The van der Waals surface area contributed by atoms with E-state index in [0.717, 1.165) is 48.7 Å². The first-order valence-electron chi connectivity index (χ1n) is 10.7. The van der Waals surface area contributed by atoms with Gasteiger partial charge in [0, 0.05) is 23.7 Å². The molecular formula is C22H22Cl2N10. The number of rotatable bonds is 3. The van der Waals surface area contributed by atoms with Crippen LogP contribution in [0.5, 0.6) is 0 Å². The molecule has 0 atom stereocenters. The van der Waals surface area contributed by atoms with Crippen LogP contribution in [0.2, 0.25) is 10.2 Å². The zero-order valence-electron chi connectivity index (χ0n) is 18.1. The monoisotopic (exact) mass is 496 g/mol. The first-order chi connectivity index (χ1) is 16.5. The maximum absolute atomic E-state index is 6.65. The van der Waals surface area contributed by atoms with Crippen molar-refractivity contribution in [1.29, 1.82) is 0 Å². The summed E-state index contributed by atoms with van der Waals surface area (Å²) < 4.78 is 0. The molecule has 4 aromatic heterocycles. The number of anilines is 1. The number of hydrogen-bond acceptors (Lipinski definition) is 8. The Labute approximate surface area is 205 Å². The highest BCUT2D eigenvalue weighted by atomic mass is 35.5. The fourth-order valence-corrected chi connectivity index (χ4v) is 4.39. The van der Waals surface area contributed by atoms with Crippen molar-refractivity contribution in [3.8, 4) is 0 Å². The summed E-state index contributed by atoms with van der Waals surface area (Å²) in [6.07, 6.45) is 8.82. The highest BCUT2D eigenvalue weighted by molar-refractivity contribution is 6.33. The van der Waals surface area contributed by atoms with E-state index in [2.05, 4.69) is 56.9 Å². The molecule has 1 fully saturated rings. The van der Waals surface area contributed by atoms with Crippen molar-refractivity contribution >= 4 is 51.3 Å². The third-order valence-electron chi connectivity index (χ3n) is 5.91. The number of aromatic nitrogens is 8. The van der Waals surface area contributed by atoms with Crippen molar-refractivity contribution in [2.75, 3.05) is 18.0 Å². The highest BCUT2D eigenvalue weighted by Gasteiger charge is 2.32. The molecule has 10 nitrogen and oxygen atoms in total. The normalized spacial score (nSPS) is 15.3. The predicted molar refractivity (Wildman–Crippen MR) is 132 cm³/mol. The van der Waals surface area contributed by atoms with Gasteiger partial charge in [0.25, 0.3) is 0 Å². The van der Waals surface area contributed by atoms with Crippen LogP contribution in [0.25, 0.3) is 22.3 Å². The van der Waals surface area contributed by atoms with Gasteiger partial charge in [-0.2, -0.15) is 0 Å². The van der Waals surface area contributed by atoms with Gasteiger partial charge in [0.2, 0.25) is 0 Å². The van der Waals surface area contributed by atoms with Gasteiger partial charge in [-0.15, -0.1) is 0 Å². The van der Waals surface area contributed by atoms with E-state index in [1.54, 1.807) is 12.7 Å². The summed E-state index contributed by atoms with van der Waals surface area (Å²) in [5.74, 6) is 0.908. The van der Waals surface area contributed by atoms with Gasteiger partial charge in [-0.1, -0.05) is 35.3 Å². The van der Waals surface area contributed by atoms with Gasteiger partial charge in [-0.25, -0.2) is 29.9 Å². The van der Waals surface area contributed by atoms with E-state index in [9.17, 15) is 0 Å². The summed E-state index contributed by atoms with van der Waals surface area (Å²) >= 11 is 11.6. The molecule has 0 aliphatic carbocycles. The molecule has 4 N–H and O–H groups in total. The molecule has 1 aliphatic heterocycles. The lowest BCUT2D eigenvalue weighted by atomic mass is 9.83. The number of piperidine rings is 1. The van der Waals surface area contributed by atoms with Crippen LogP contribution in [0.15, 0.2) is 49.6 Å². The van der Waals surface area contributed by atoms with E-state index in [1.807, 2.05) is 12.1 Å². The zero-order valence-corrected chi connectivity index (χ0v) is 19.6. The summed E-state index contributed by atoms with van der Waals surface area (Å²) in [5.41, 5.74) is 10.6. The smallest absolute Gasteiger partial charge is 0.182 e.